The predicted octanol–water partition coefficient (Wildman–Crippen LogP) is 3.06. The molecule has 154 valence electrons. The van der Waals surface area contributed by atoms with Crippen molar-refractivity contribution in [3.8, 4) is 0 Å². The normalized spacial score (nSPS) is 14.1. The lowest BCUT2D eigenvalue weighted by Gasteiger charge is -2.15. The summed E-state index contributed by atoms with van der Waals surface area (Å²) in [6.07, 6.45) is 1.53. The standard InChI is InChI=1S/C21H25N3O4S/c1-15-5-3-6-18(13-15)23-29(27,28)19-14-17(9-8-16(19)2)22-20(25)10-12-24-11-4-7-21(24)26/h3,5-6,8-9,13-14,23H,4,7,10-12H2,1-2H3,(H,22,25). The number of anilines is 2. The number of aryl methyl sites for hydroxylation is 2. The molecule has 0 unspecified atom stereocenters. The molecule has 0 atom stereocenters. The molecule has 1 saturated heterocycles. The fraction of sp³-hybridized carbons (Fsp3) is 0.333. The number of benzene rings is 2. The van der Waals surface area contributed by atoms with Crippen LogP contribution in [0.5, 0.6) is 0 Å². The Bertz CT molecular complexity index is 1030. The molecule has 1 aliphatic rings. The van der Waals surface area contributed by atoms with Gasteiger partial charge < -0.3 is 10.2 Å². The van der Waals surface area contributed by atoms with Gasteiger partial charge in [-0.1, -0.05) is 18.2 Å². The van der Waals surface area contributed by atoms with E-state index in [0.29, 0.717) is 36.4 Å². The molecule has 1 heterocycles. The van der Waals surface area contributed by atoms with Crippen molar-refractivity contribution in [2.45, 2.75) is 38.0 Å². The number of amides is 2. The highest BCUT2D eigenvalue weighted by Crippen LogP contribution is 2.23. The lowest BCUT2D eigenvalue weighted by Crippen LogP contribution is -2.28. The number of carbonyl (C=O) groups is 2. The summed E-state index contributed by atoms with van der Waals surface area (Å²) in [6, 6.07) is 11.9. The average Bonchev–Trinajstić information content (AvgIpc) is 3.06. The Morgan fingerprint density at radius 2 is 1.90 bits per heavy atom. The first-order valence-corrected chi connectivity index (χ1v) is 11.0. The Kier molecular flexibility index (Phi) is 6.22. The van der Waals surface area contributed by atoms with E-state index in [0.717, 1.165) is 12.0 Å². The van der Waals surface area contributed by atoms with E-state index in [1.165, 1.54) is 6.07 Å². The molecule has 29 heavy (non-hydrogen) atoms. The Balaban J connectivity index is 1.70. The average molecular weight is 416 g/mol. The number of sulfonamides is 1. The number of nitrogens with zero attached hydrogens (tertiary/aromatic N) is 1. The van der Waals surface area contributed by atoms with Gasteiger partial charge >= 0.3 is 0 Å². The third-order valence-corrected chi connectivity index (χ3v) is 6.34. The molecule has 0 aliphatic carbocycles. The zero-order valence-corrected chi connectivity index (χ0v) is 17.4. The van der Waals surface area contributed by atoms with Crippen LogP contribution in [-0.2, 0) is 19.6 Å². The maximum Gasteiger partial charge on any atom is 0.262 e. The van der Waals surface area contributed by atoms with E-state index in [1.54, 1.807) is 42.2 Å². The van der Waals surface area contributed by atoms with Gasteiger partial charge in [0.1, 0.15) is 0 Å². The molecule has 0 spiro atoms. The fourth-order valence-corrected chi connectivity index (χ4v) is 4.61. The molecule has 3 rings (SSSR count). The van der Waals surface area contributed by atoms with Crippen LogP contribution in [0.4, 0.5) is 11.4 Å². The monoisotopic (exact) mass is 415 g/mol. The maximum absolute atomic E-state index is 12.8. The van der Waals surface area contributed by atoms with Crippen molar-refractivity contribution in [2.75, 3.05) is 23.1 Å². The molecule has 8 heteroatoms. The van der Waals surface area contributed by atoms with Gasteiger partial charge in [-0.3, -0.25) is 14.3 Å². The lowest BCUT2D eigenvalue weighted by atomic mass is 10.2. The van der Waals surface area contributed by atoms with Crippen LogP contribution in [0.2, 0.25) is 0 Å². The van der Waals surface area contributed by atoms with Crippen molar-refractivity contribution >= 4 is 33.2 Å². The Hall–Kier alpha value is -2.87. The molecule has 7 nitrogen and oxygen atoms in total. The zero-order valence-electron chi connectivity index (χ0n) is 16.6. The molecule has 0 bridgehead atoms. The summed E-state index contributed by atoms with van der Waals surface area (Å²) in [5.41, 5.74) is 2.40. The van der Waals surface area contributed by atoms with Crippen molar-refractivity contribution in [1.29, 1.82) is 0 Å². The van der Waals surface area contributed by atoms with Gasteiger partial charge in [0, 0.05) is 37.3 Å². The first-order valence-electron chi connectivity index (χ1n) is 9.52. The van der Waals surface area contributed by atoms with Crippen LogP contribution in [0, 0.1) is 13.8 Å². The van der Waals surface area contributed by atoms with Crippen LogP contribution in [0.1, 0.15) is 30.4 Å². The van der Waals surface area contributed by atoms with E-state index in [9.17, 15) is 18.0 Å². The van der Waals surface area contributed by atoms with Gasteiger partial charge in [0.25, 0.3) is 10.0 Å². The van der Waals surface area contributed by atoms with E-state index in [-0.39, 0.29) is 23.1 Å². The number of likely N-dealkylation sites (tertiary alicyclic amines) is 1. The molecule has 0 saturated carbocycles. The van der Waals surface area contributed by atoms with Crippen LogP contribution >= 0.6 is 0 Å². The summed E-state index contributed by atoms with van der Waals surface area (Å²) in [4.78, 5) is 25.6. The minimum Gasteiger partial charge on any atom is -0.342 e. The quantitative estimate of drug-likeness (QED) is 0.726. The predicted molar refractivity (Wildman–Crippen MR) is 112 cm³/mol. The molecule has 2 N–H and O–H groups in total. The molecule has 1 aliphatic heterocycles. The second kappa shape index (κ2) is 8.65. The van der Waals surface area contributed by atoms with Crippen LogP contribution in [0.25, 0.3) is 0 Å². The number of hydrogen-bond donors (Lipinski definition) is 2. The third-order valence-electron chi connectivity index (χ3n) is 4.81. The lowest BCUT2D eigenvalue weighted by molar-refractivity contribution is -0.128. The number of rotatable bonds is 7. The number of nitrogens with one attached hydrogen (secondary N) is 2. The molecule has 2 aromatic carbocycles. The second-order valence-corrected chi connectivity index (χ2v) is 8.89. The Labute approximate surface area is 171 Å². The number of hydrogen-bond acceptors (Lipinski definition) is 4. The van der Waals surface area contributed by atoms with Gasteiger partial charge in [-0.05, 0) is 55.7 Å². The Morgan fingerprint density at radius 1 is 1.10 bits per heavy atom. The first kappa shape index (κ1) is 20.9. The van der Waals surface area contributed by atoms with Crippen LogP contribution in [0.15, 0.2) is 47.4 Å². The van der Waals surface area contributed by atoms with E-state index in [4.69, 9.17) is 0 Å². The van der Waals surface area contributed by atoms with Crippen molar-refractivity contribution in [2.24, 2.45) is 0 Å². The first-order chi connectivity index (χ1) is 13.7. The molecule has 2 aromatic rings. The second-order valence-electron chi connectivity index (χ2n) is 7.24. The molecule has 0 aromatic heterocycles. The van der Waals surface area contributed by atoms with Crippen LogP contribution in [0.3, 0.4) is 0 Å². The van der Waals surface area contributed by atoms with Gasteiger partial charge in [-0.15, -0.1) is 0 Å². The largest absolute Gasteiger partial charge is 0.342 e. The van der Waals surface area contributed by atoms with Crippen molar-refractivity contribution in [3.63, 3.8) is 0 Å². The van der Waals surface area contributed by atoms with Crippen molar-refractivity contribution < 1.29 is 18.0 Å². The summed E-state index contributed by atoms with van der Waals surface area (Å²) in [6.45, 7) is 4.64. The number of carbonyl (C=O) groups excluding carboxylic acids is 2. The molecule has 0 radical (unpaired) electrons. The summed E-state index contributed by atoms with van der Waals surface area (Å²) < 4.78 is 28.3. The van der Waals surface area contributed by atoms with Crippen LogP contribution in [-0.4, -0.2) is 38.2 Å². The highest BCUT2D eigenvalue weighted by molar-refractivity contribution is 7.92. The fourth-order valence-electron chi connectivity index (χ4n) is 3.29. The SMILES string of the molecule is Cc1cccc(NS(=O)(=O)c2cc(NC(=O)CCN3CCCC3=O)ccc2C)c1. The van der Waals surface area contributed by atoms with Crippen molar-refractivity contribution in [3.05, 3.63) is 53.6 Å². The molecule has 2 amide bonds. The smallest absolute Gasteiger partial charge is 0.262 e. The minimum absolute atomic E-state index is 0.0729. The highest BCUT2D eigenvalue weighted by atomic mass is 32.2. The van der Waals surface area contributed by atoms with E-state index < -0.39 is 10.0 Å². The van der Waals surface area contributed by atoms with Crippen molar-refractivity contribution in [1.82, 2.24) is 4.90 Å². The molecular weight excluding hydrogens is 390 g/mol. The molecular formula is C21H25N3O4S. The maximum atomic E-state index is 12.8. The minimum atomic E-state index is -3.81. The van der Waals surface area contributed by atoms with Crippen LogP contribution < -0.4 is 10.0 Å². The summed E-state index contributed by atoms with van der Waals surface area (Å²) in [7, 11) is -3.81. The van der Waals surface area contributed by atoms with E-state index in [1.807, 2.05) is 13.0 Å². The van der Waals surface area contributed by atoms with Gasteiger partial charge in [0.15, 0.2) is 0 Å². The van der Waals surface area contributed by atoms with Gasteiger partial charge in [-0.2, -0.15) is 0 Å². The zero-order chi connectivity index (χ0) is 21.0. The highest BCUT2D eigenvalue weighted by Gasteiger charge is 2.21. The van der Waals surface area contributed by atoms with Gasteiger partial charge in [0.05, 0.1) is 4.90 Å². The third kappa shape index (κ3) is 5.35. The van der Waals surface area contributed by atoms with E-state index in [2.05, 4.69) is 10.0 Å². The summed E-state index contributed by atoms with van der Waals surface area (Å²) in [5.74, 6) is -0.188. The Morgan fingerprint density at radius 3 is 2.59 bits per heavy atom. The van der Waals surface area contributed by atoms with Gasteiger partial charge in [-0.25, -0.2) is 8.42 Å². The topological polar surface area (TPSA) is 95.6 Å². The summed E-state index contributed by atoms with van der Waals surface area (Å²) in [5, 5.41) is 2.72. The van der Waals surface area contributed by atoms with E-state index >= 15 is 0 Å². The van der Waals surface area contributed by atoms with Gasteiger partial charge in [0.2, 0.25) is 11.8 Å². The summed E-state index contributed by atoms with van der Waals surface area (Å²) >= 11 is 0. The molecule has 1 fully saturated rings.